The first-order chi connectivity index (χ1) is 3.77. The molecule has 8 heavy (non-hydrogen) atoms. The Balaban J connectivity index is 2.40. The van der Waals surface area contributed by atoms with Gasteiger partial charge in [0.1, 0.15) is 0 Å². The highest BCUT2D eigenvalue weighted by Gasteiger charge is 2.30. The van der Waals surface area contributed by atoms with Gasteiger partial charge in [0.2, 0.25) is 0 Å². The Morgan fingerprint density at radius 3 is 2.75 bits per heavy atom. The normalized spacial score (nSPS) is 38.2. The summed E-state index contributed by atoms with van der Waals surface area (Å²) in [5.41, 5.74) is 0. The van der Waals surface area contributed by atoms with Crippen LogP contribution in [0, 0.1) is 0 Å². The fourth-order valence-electron chi connectivity index (χ4n) is 0.696. The zero-order valence-electron chi connectivity index (χ0n) is 4.89. The van der Waals surface area contributed by atoms with Crippen molar-refractivity contribution in [3.05, 3.63) is 0 Å². The minimum absolute atomic E-state index is 0.726. The summed E-state index contributed by atoms with van der Waals surface area (Å²) in [5, 5.41) is 9.26. The van der Waals surface area contributed by atoms with Gasteiger partial charge >= 0.3 is 0 Å². The fraction of sp³-hybridized carbons (Fsp3) is 1.00. The Bertz CT molecular complexity index is 78.5. The maximum absolute atomic E-state index is 9.26. The average molecular weight is 134 g/mol. The maximum Gasteiger partial charge on any atom is 0.174 e. The lowest BCUT2D eigenvalue weighted by Crippen LogP contribution is -2.29. The molecule has 1 heterocycles. The summed E-state index contributed by atoms with van der Waals surface area (Å²) in [7, 11) is 1.55. The second kappa shape index (κ2) is 2.25. The molecule has 2 nitrogen and oxygen atoms in total. The highest BCUT2D eigenvalue weighted by molar-refractivity contribution is 7.99. The van der Waals surface area contributed by atoms with E-state index in [1.54, 1.807) is 18.9 Å². The predicted molar refractivity (Wildman–Crippen MR) is 33.9 cm³/mol. The number of thioether (sulfide) groups is 1. The van der Waals surface area contributed by atoms with Gasteiger partial charge in [-0.15, -0.1) is 0 Å². The number of hydrogen-bond acceptors (Lipinski definition) is 3. The first-order valence-corrected chi connectivity index (χ1v) is 3.78. The SMILES string of the molecule is COC1(O)CCSC1. The van der Waals surface area contributed by atoms with Crippen LogP contribution < -0.4 is 0 Å². The summed E-state index contributed by atoms with van der Waals surface area (Å²) in [5.74, 6) is 0.943. The second-order valence-corrected chi connectivity index (χ2v) is 3.06. The zero-order chi connectivity index (χ0) is 6.04. The molecule has 0 saturated carbocycles. The van der Waals surface area contributed by atoms with Crippen LogP contribution in [0.5, 0.6) is 0 Å². The molecule has 0 aromatic carbocycles. The average Bonchev–Trinajstić information content (AvgIpc) is 2.17. The molecule has 1 atom stereocenters. The van der Waals surface area contributed by atoms with Crippen LogP contribution in [0.1, 0.15) is 6.42 Å². The van der Waals surface area contributed by atoms with Crippen molar-refractivity contribution in [2.75, 3.05) is 18.6 Å². The number of aliphatic hydroxyl groups is 1. The number of rotatable bonds is 1. The van der Waals surface area contributed by atoms with E-state index in [4.69, 9.17) is 4.74 Å². The molecular formula is C5H10O2S. The summed E-state index contributed by atoms with van der Waals surface area (Å²) in [6.45, 7) is 0. The molecule has 0 bridgehead atoms. The Morgan fingerprint density at radius 1 is 1.75 bits per heavy atom. The molecule has 1 fully saturated rings. The van der Waals surface area contributed by atoms with Crippen LogP contribution in [0.25, 0.3) is 0 Å². The summed E-state index contributed by atoms with van der Waals surface area (Å²) < 4.78 is 4.83. The molecule has 1 N–H and O–H groups in total. The second-order valence-electron chi connectivity index (χ2n) is 1.95. The highest BCUT2D eigenvalue weighted by Crippen LogP contribution is 2.27. The molecule has 1 saturated heterocycles. The van der Waals surface area contributed by atoms with Crippen LogP contribution in [0.4, 0.5) is 0 Å². The van der Waals surface area contributed by atoms with Gasteiger partial charge in [0.05, 0.1) is 0 Å². The molecule has 1 unspecified atom stereocenters. The third kappa shape index (κ3) is 1.16. The van der Waals surface area contributed by atoms with E-state index in [-0.39, 0.29) is 0 Å². The van der Waals surface area contributed by atoms with Gasteiger partial charge in [-0.25, -0.2) is 0 Å². The van der Waals surface area contributed by atoms with Gasteiger partial charge < -0.3 is 9.84 Å². The summed E-state index contributed by atoms with van der Waals surface area (Å²) in [6, 6.07) is 0. The molecule has 0 spiro atoms. The summed E-state index contributed by atoms with van der Waals surface area (Å²) in [4.78, 5) is 0. The fourth-order valence-corrected chi connectivity index (χ4v) is 1.89. The Labute approximate surface area is 53.2 Å². The van der Waals surface area contributed by atoms with Crippen LogP contribution >= 0.6 is 11.8 Å². The van der Waals surface area contributed by atoms with Gasteiger partial charge in [-0.1, -0.05) is 0 Å². The molecule has 0 aliphatic carbocycles. The molecule has 1 rings (SSSR count). The molecule has 0 aromatic heterocycles. The molecular weight excluding hydrogens is 124 g/mol. The minimum Gasteiger partial charge on any atom is -0.365 e. The van der Waals surface area contributed by atoms with Crippen LogP contribution in [-0.2, 0) is 4.74 Å². The highest BCUT2D eigenvalue weighted by atomic mass is 32.2. The first-order valence-electron chi connectivity index (χ1n) is 2.62. The molecule has 1 aliphatic rings. The Morgan fingerprint density at radius 2 is 2.50 bits per heavy atom. The smallest absolute Gasteiger partial charge is 0.174 e. The zero-order valence-corrected chi connectivity index (χ0v) is 5.70. The van der Waals surface area contributed by atoms with E-state index in [1.165, 1.54) is 0 Å². The van der Waals surface area contributed by atoms with Crippen LogP contribution in [0.15, 0.2) is 0 Å². The van der Waals surface area contributed by atoms with Crippen LogP contribution in [0.3, 0.4) is 0 Å². The van der Waals surface area contributed by atoms with Gasteiger partial charge in [0.15, 0.2) is 5.79 Å². The van der Waals surface area contributed by atoms with Crippen LogP contribution in [-0.4, -0.2) is 29.5 Å². The summed E-state index contributed by atoms with van der Waals surface area (Å²) in [6.07, 6.45) is 0.772. The van der Waals surface area contributed by atoms with E-state index in [1.807, 2.05) is 0 Å². The lowest BCUT2D eigenvalue weighted by molar-refractivity contribution is -0.163. The Hall–Kier alpha value is 0.270. The van der Waals surface area contributed by atoms with Gasteiger partial charge in [0.25, 0.3) is 0 Å². The van der Waals surface area contributed by atoms with E-state index in [0.717, 1.165) is 17.9 Å². The summed E-state index contributed by atoms with van der Waals surface area (Å²) >= 11 is 1.73. The minimum atomic E-state index is -0.801. The molecule has 0 aromatic rings. The van der Waals surface area contributed by atoms with Crippen molar-refractivity contribution < 1.29 is 9.84 Å². The predicted octanol–water partition coefficient (Wildman–Crippen LogP) is 0.458. The Kier molecular flexibility index (Phi) is 1.80. The quantitative estimate of drug-likeness (QED) is 0.528. The molecule has 1 aliphatic heterocycles. The third-order valence-electron chi connectivity index (χ3n) is 1.34. The van der Waals surface area contributed by atoms with Gasteiger partial charge in [-0.3, -0.25) is 0 Å². The number of hydrogen-bond donors (Lipinski definition) is 1. The molecule has 0 radical (unpaired) electrons. The van der Waals surface area contributed by atoms with E-state index < -0.39 is 5.79 Å². The van der Waals surface area contributed by atoms with E-state index in [0.29, 0.717) is 0 Å². The monoisotopic (exact) mass is 134 g/mol. The van der Waals surface area contributed by atoms with Crippen molar-refractivity contribution in [3.63, 3.8) is 0 Å². The standard InChI is InChI=1S/C5H10O2S/c1-7-5(6)2-3-8-4-5/h6H,2-4H2,1H3. The van der Waals surface area contributed by atoms with Crippen molar-refractivity contribution in [2.45, 2.75) is 12.2 Å². The van der Waals surface area contributed by atoms with E-state index in [9.17, 15) is 5.11 Å². The molecule has 0 amide bonds. The largest absolute Gasteiger partial charge is 0.365 e. The third-order valence-corrected chi connectivity index (χ3v) is 2.49. The maximum atomic E-state index is 9.26. The van der Waals surface area contributed by atoms with Crippen molar-refractivity contribution in [2.24, 2.45) is 0 Å². The van der Waals surface area contributed by atoms with Crippen molar-refractivity contribution >= 4 is 11.8 Å². The molecule has 3 heteroatoms. The van der Waals surface area contributed by atoms with Crippen molar-refractivity contribution in [3.8, 4) is 0 Å². The topological polar surface area (TPSA) is 29.5 Å². The van der Waals surface area contributed by atoms with E-state index in [2.05, 4.69) is 0 Å². The van der Waals surface area contributed by atoms with Gasteiger partial charge in [0, 0.05) is 19.3 Å². The van der Waals surface area contributed by atoms with Gasteiger partial charge in [-0.05, 0) is 5.75 Å². The number of methoxy groups -OCH3 is 1. The van der Waals surface area contributed by atoms with Crippen molar-refractivity contribution in [1.29, 1.82) is 0 Å². The van der Waals surface area contributed by atoms with Gasteiger partial charge in [-0.2, -0.15) is 11.8 Å². The van der Waals surface area contributed by atoms with Crippen LogP contribution in [0.2, 0.25) is 0 Å². The van der Waals surface area contributed by atoms with Crippen molar-refractivity contribution in [1.82, 2.24) is 0 Å². The number of ether oxygens (including phenoxy) is 1. The molecule has 48 valence electrons. The van der Waals surface area contributed by atoms with E-state index >= 15 is 0 Å². The lowest BCUT2D eigenvalue weighted by Gasteiger charge is -2.17. The first kappa shape index (κ1) is 6.39. The lowest BCUT2D eigenvalue weighted by atomic mass is 10.2.